The fourth-order valence-corrected chi connectivity index (χ4v) is 1.50. The molecule has 0 aliphatic carbocycles. The Morgan fingerprint density at radius 2 is 2.14 bits per heavy atom. The van der Waals surface area contributed by atoms with Gasteiger partial charge in [-0.05, 0) is 0 Å². The van der Waals surface area contributed by atoms with Gasteiger partial charge in [0.1, 0.15) is 5.82 Å². The van der Waals surface area contributed by atoms with E-state index in [9.17, 15) is 0 Å². The molecular formula is C10H14N4. The Kier molecular flexibility index (Phi) is 2.62. The molecule has 0 spiro atoms. The third-order valence-corrected chi connectivity index (χ3v) is 2.28. The number of aryl methyl sites for hydroxylation is 3. The van der Waals surface area contributed by atoms with Crippen LogP contribution in [0.3, 0.4) is 0 Å². The molecular weight excluding hydrogens is 176 g/mol. The van der Waals surface area contributed by atoms with Gasteiger partial charge in [-0.1, -0.05) is 6.92 Å². The maximum atomic E-state index is 4.27. The summed E-state index contributed by atoms with van der Waals surface area (Å²) in [5.41, 5.74) is 0. The lowest BCUT2D eigenvalue weighted by atomic mass is 10.4. The van der Waals surface area contributed by atoms with Crippen LogP contribution in [0.1, 0.15) is 12.7 Å². The van der Waals surface area contributed by atoms with E-state index in [0.29, 0.717) is 0 Å². The number of aromatic nitrogens is 4. The van der Waals surface area contributed by atoms with Gasteiger partial charge in [-0.25, -0.2) is 9.97 Å². The Morgan fingerprint density at radius 3 is 2.86 bits per heavy atom. The lowest BCUT2D eigenvalue weighted by molar-refractivity contribution is 0.560. The molecule has 0 aliphatic rings. The first-order valence-corrected chi connectivity index (χ1v) is 4.86. The van der Waals surface area contributed by atoms with Gasteiger partial charge in [0, 0.05) is 44.3 Å². The van der Waals surface area contributed by atoms with Crippen LogP contribution in [0.4, 0.5) is 0 Å². The van der Waals surface area contributed by atoms with Crippen LogP contribution in [0, 0.1) is 0 Å². The molecule has 0 fully saturated rings. The third-order valence-electron chi connectivity index (χ3n) is 2.28. The average Bonchev–Trinajstić information content (AvgIpc) is 2.85. The molecule has 0 N–H and O–H groups in total. The molecule has 2 heterocycles. The molecule has 0 atom stereocenters. The SMILES string of the molecule is CCc1nccn1CCn1ccnc1. The van der Waals surface area contributed by atoms with Gasteiger partial charge in [-0.2, -0.15) is 0 Å². The van der Waals surface area contributed by atoms with Gasteiger partial charge in [-0.3, -0.25) is 0 Å². The number of hydrogen-bond donors (Lipinski definition) is 0. The van der Waals surface area contributed by atoms with Crippen LogP contribution in [-0.2, 0) is 19.5 Å². The molecule has 0 aliphatic heterocycles. The second-order valence-electron chi connectivity index (χ2n) is 3.19. The summed E-state index contributed by atoms with van der Waals surface area (Å²) in [7, 11) is 0. The van der Waals surface area contributed by atoms with Crippen molar-refractivity contribution in [2.75, 3.05) is 0 Å². The van der Waals surface area contributed by atoms with E-state index in [0.717, 1.165) is 25.3 Å². The maximum absolute atomic E-state index is 4.27. The van der Waals surface area contributed by atoms with Gasteiger partial charge >= 0.3 is 0 Å². The molecule has 74 valence electrons. The summed E-state index contributed by atoms with van der Waals surface area (Å²) < 4.78 is 4.25. The zero-order valence-electron chi connectivity index (χ0n) is 8.30. The van der Waals surface area contributed by atoms with Crippen LogP contribution < -0.4 is 0 Å². The Labute approximate surface area is 83.2 Å². The zero-order valence-corrected chi connectivity index (χ0v) is 8.30. The standard InChI is InChI=1S/C10H14N4/c1-2-10-12-4-6-14(10)8-7-13-5-3-11-9-13/h3-6,9H,2,7-8H2,1H3. The average molecular weight is 190 g/mol. The van der Waals surface area contributed by atoms with Gasteiger partial charge < -0.3 is 9.13 Å². The predicted molar refractivity (Wildman–Crippen MR) is 53.8 cm³/mol. The maximum Gasteiger partial charge on any atom is 0.108 e. The van der Waals surface area contributed by atoms with Crippen LogP contribution in [0.2, 0.25) is 0 Å². The molecule has 2 rings (SSSR count). The molecule has 2 aromatic rings. The summed E-state index contributed by atoms with van der Waals surface area (Å²) in [5.74, 6) is 1.14. The first-order valence-electron chi connectivity index (χ1n) is 4.86. The zero-order chi connectivity index (χ0) is 9.80. The van der Waals surface area contributed by atoms with E-state index in [4.69, 9.17) is 0 Å². The quantitative estimate of drug-likeness (QED) is 0.729. The van der Waals surface area contributed by atoms with Crippen molar-refractivity contribution < 1.29 is 0 Å². The van der Waals surface area contributed by atoms with E-state index in [-0.39, 0.29) is 0 Å². The minimum Gasteiger partial charge on any atom is -0.336 e. The first-order chi connectivity index (χ1) is 6.90. The van der Waals surface area contributed by atoms with Crippen molar-refractivity contribution in [2.45, 2.75) is 26.4 Å². The van der Waals surface area contributed by atoms with Crippen molar-refractivity contribution >= 4 is 0 Å². The Balaban J connectivity index is 1.98. The van der Waals surface area contributed by atoms with E-state index in [1.807, 2.05) is 24.9 Å². The van der Waals surface area contributed by atoms with Crippen molar-refractivity contribution in [1.29, 1.82) is 0 Å². The Hall–Kier alpha value is -1.58. The predicted octanol–water partition coefficient (Wildman–Crippen LogP) is 1.34. The summed E-state index contributed by atoms with van der Waals surface area (Å²) >= 11 is 0. The highest BCUT2D eigenvalue weighted by atomic mass is 15.1. The summed E-state index contributed by atoms with van der Waals surface area (Å²) in [6, 6.07) is 0. The summed E-state index contributed by atoms with van der Waals surface area (Å²) in [4.78, 5) is 8.28. The van der Waals surface area contributed by atoms with E-state index in [2.05, 4.69) is 26.0 Å². The smallest absolute Gasteiger partial charge is 0.108 e. The van der Waals surface area contributed by atoms with Crippen molar-refractivity contribution in [3.63, 3.8) is 0 Å². The minimum atomic E-state index is 0.948. The molecule has 2 aromatic heterocycles. The third kappa shape index (κ3) is 1.84. The van der Waals surface area contributed by atoms with Crippen LogP contribution in [0.15, 0.2) is 31.1 Å². The monoisotopic (exact) mass is 190 g/mol. The fourth-order valence-electron chi connectivity index (χ4n) is 1.50. The summed E-state index contributed by atoms with van der Waals surface area (Å²) in [6.45, 7) is 4.03. The Morgan fingerprint density at radius 1 is 1.21 bits per heavy atom. The lowest BCUT2D eigenvalue weighted by Crippen LogP contribution is -2.08. The van der Waals surface area contributed by atoms with Gasteiger partial charge in [0.15, 0.2) is 0 Å². The molecule has 14 heavy (non-hydrogen) atoms. The molecule has 0 aromatic carbocycles. The van der Waals surface area contributed by atoms with E-state index >= 15 is 0 Å². The van der Waals surface area contributed by atoms with E-state index in [1.165, 1.54) is 0 Å². The molecule has 0 bridgehead atoms. The van der Waals surface area contributed by atoms with Gasteiger partial charge in [0.25, 0.3) is 0 Å². The summed E-state index contributed by atoms with van der Waals surface area (Å²) in [5, 5.41) is 0. The highest BCUT2D eigenvalue weighted by molar-refractivity contribution is 4.91. The van der Waals surface area contributed by atoms with Crippen molar-refractivity contribution in [2.24, 2.45) is 0 Å². The molecule has 0 radical (unpaired) electrons. The minimum absolute atomic E-state index is 0.948. The highest BCUT2D eigenvalue weighted by Crippen LogP contribution is 1.99. The van der Waals surface area contributed by atoms with Crippen molar-refractivity contribution in [3.8, 4) is 0 Å². The molecule has 0 amide bonds. The first kappa shape index (κ1) is 8.99. The molecule has 0 saturated carbocycles. The number of rotatable bonds is 4. The lowest BCUT2D eigenvalue weighted by Gasteiger charge is -2.06. The van der Waals surface area contributed by atoms with Crippen molar-refractivity contribution in [3.05, 3.63) is 36.9 Å². The van der Waals surface area contributed by atoms with E-state index < -0.39 is 0 Å². The largest absolute Gasteiger partial charge is 0.336 e. The summed E-state index contributed by atoms with van der Waals surface area (Å²) in [6.07, 6.45) is 10.5. The van der Waals surface area contributed by atoms with Crippen LogP contribution in [-0.4, -0.2) is 19.1 Å². The number of hydrogen-bond acceptors (Lipinski definition) is 2. The molecule has 4 nitrogen and oxygen atoms in total. The normalized spacial score (nSPS) is 10.6. The number of imidazole rings is 2. The molecule has 4 heteroatoms. The second-order valence-corrected chi connectivity index (χ2v) is 3.19. The topological polar surface area (TPSA) is 35.6 Å². The number of nitrogens with zero attached hydrogens (tertiary/aromatic N) is 4. The fraction of sp³-hybridized carbons (Fsp3) is 0.400. The van der Waals surface area contributed by atoms with Gasteiger partial charge in [-0.15, -0.1) is 0 Å². The van der Waals surface area contributed by atoms with E-state index in [1.54, 1.807) is 6.20 Å². The van der Waals surface area contributed by atoms with Crippen LogP contribution in [0.25, 0.3) is 0 Å². The van der Waals surface area contributed by atoms with Crippen molar-refractivity contribution in [1.82, 2.24) is 19.1 Å². The van der Waals surface area contributed by atoms with Gasteiger partial charge in [0.2, 0.25) is 0 Å². The highest BCUT2D eigenvalue weighted by Gasteiger charge is 1.99. The van der Waals surface area contributed by atoms with Crippen LogP contribution >= 0.6 is 0 Å². The van der Waals surface area contributed by atoms with Crippen LogP contribution in [0.5, 0.6) is 0 Å². The van der Waals surface area contributed by atoms with Gasteiger partial charge in [0.05, 0.1) is 6.33 Å². The molecule has 0 unspecified atom stereocenters. The second kappa shape index (κ2) is 4.09. The Bertz CT molecular complexity index is 374. The molecule has 0 saturated heterocycles.